The minimum Gasteiger partial charge on any atom is -0.373 e. The van der Waals surface area contributed by atoms with Gasteiger partial charge in [-0.3, -0.25) is 4.99 Å². The van der Waals surface area contributed by atoms with Gasteiger partial charge in [-0.1, -0.05) is 18.2 Å². The van der Waals surface area contributed by atoms with E-state index in [1.54, 1.807) is 35.6 Å². The third kappa shape index (κ3) is 4.18. The van der Waals surface area contributed by atoms with Crippen molar-refractivity contribution in [1.29, 1.82) is 0 Å². The molecular weight excluding hydrogens is 376 g/mol. The number of nitrogens with one attached hydrogen (secondary N) is 2. The van der Waals surface area contributed by atoms with Crippen molar-refractivity contribution < 1.29 is 13.2 Å². The Labute approximate surface area is 167 Å². The summed E-state index contributed by atoms with van der Waals surface area (Å²) in [5.74, 6) is 1.26. The van der Waals surface area contributed by atoms with Gasteiger partial charge in [-0.2, -0.15) is 4.31 Å². The molecule has 0 radical (unpaired) electrons. The number of ether oxygens (including phenoxy) is 1. The van der Waals surface area contributed by atoms with Gasteiger partial charge in [0.25, 0.3) is 0 Å². The van der Waals surface area contributed by atoms with Gasteiger partial charge in [0.1, 0.15) is 0 Å². The molecule has 0 spiro atoms. The summed E-state index contributed by atoms with van der Waals surface area (Å²) in [6, 6.07) is 9.05. The van der Waals surface area contributed by atoms with Crippen molar-refractivity contribution in [3.63, 3.8) is 0 Å². The number of hydrogen-bond acceptors (Lipinski definition) is 4. The van der Waals surface area contributed by atoms with E-state index < -0.39 is 10.0 Å². The van der Waals surface area contributed by atoms with Crippen LogP contribution in [0.15, 0.2) is 40.2 Å². The van der Waals surface area contributed by atoms with Crippen LogP contribution < -0.4 is 10.6 Å². The van der Waals surface area contributed by atoms with Crippen molar-refractivity contribution >= 4 is 16.0 Å². The van der Waals surface area contributed by atoms with E-state index in [0.717, 1.165) is 38.2 Å². The van der Waals surface area contributed by atoms with E-state index in [4.69, 9.17) is 4.74 Å². The Balaban J connectivity index is 1.24. The fourth-order valence-corrected chi connectivity index (χ4v) is 5.99. The summed E-state index contributed by atoms with van der Waals surface area (Å²) in [5.41, 5.74) is 0. The molecule has 154 valence electrons. The molecule has 2 bridgehead atoms. The Kier molecular flexibility index (Phi) is 5.89. The van der Waals surface area contributed by atoms with Gasteiger partial charge in [-0.25, -0.2) is 8.42 Å². The first-order chi connectivity index (χ1) is 13.6. The van der Waals surface area contributed by atoms with Crippen molar-refractivity contribution in [2.75, 3.05) is 26.7 Å². The summed E-state index contributed by atoms with van der Waals surface area (Å²) in [7, 11) is -1.59. The molecule has 3 aliphatic heterocycles. The second kappa shape index (κ2) is 8.39. The van der Waals surface area contributed by atoms with Gasteiger partial charge in [0.15, 0.2) is 5.96 Å². The van der Waals surface area contributed by atoms with Crippen molar-refractivity contribution in [3.8, 4) is 0 Å². The molecule has 28 heavy (non-hydrogen) atoms. The lowest BCUT2D eigenvalue weighted by Crippen LogP contribution is -2.49. The Morgan fingerprint density at radius 1 is 1.18 bits per heavy atom. The fourth-order valence-electron chi connectivity index (χ4n) is 4.50. The molecule has 2 N–H and O–H groups in total. The molecule has 3 saturated heterocycles. The van der Waals surface area contributed by atoms with Crippen LogP contribution in [0.3, 0.4) is 0 Å². The van der Waals surface area contributed by atoms with Crippen molar-refractivity contribution in [3.05, 3.63) is 30.3 Å². The Bertz CT molecular complexity index is 791. The smallest absolute Gasteiger partial charge is 0.243 e. The first-order valence-corrected chi connectivity index (χ1v) is 11.7. The summed E-state index contributed by atoms with van der Waals surface area (Å²) in [5, 5.41) is 6.92. The van der Waals surface area contributed by atoms with Crippen LogP contribution in [-0.2, 0) is 14.8 Å². The first-order valence-electron chi connectivity index (χ1n) is 10.2. The van der Waals surface area contributed by atoms with Crippen LogP contribution in [0.1, 0.15) is 32.1 Å². The molecule has 1 aromatic rings. The van der Waals surface area contributed by atoms with E-state index in [1.807, 2.05) is 6.07 Å². The topological polar surface area (TPSA) is 83.0 Å². The van der Waals surface area contributed by atoms with Crippen LogP contribution >= 0.6 is 0 Å². The molecule has 0 aromatic heterocycles. The SMILES string of the molecule is CN=C(NCC1CCN(S(=O)(=O)c2ccccc2)CC1)NC1CC2CCC1O2. The van der Waals surface area contributed by atoms with Crippen molar-refractivity contribution in [2.45, 2.75) is 55.2 Å². The van der Waals surface area contributed by atoms with Crippen LogP contribution in [-0.4, -0.2) is 63.6 Å². The van der Waals surface area contributed by atoms with Gasteiger partial charge in [0.2, 0.25) is 10.0 Å². The Hall–Kier alpha value is -1.64. The molecule has 3 atom stereocenters. The molecule has 8 heteroatoms. The molecule has 3 aliphatic rings. The largest absolute Gasteiger partial charge is 0.373 e. The summed E-state index contributed by atoms with van der Waals surface area (Å²) in [4.78, 5) is 4.72. The number of rotatable bonds is 5. The quantitative estimate of drug-likeness (QED) is 0.573. The van der Waals surface area contributed by atoms with Crippen LogP contribution in [0.25, 0.3) is 0 Å². The molecule has 4 rings (SSSR count). The molecule has 7 nitrogen and oxygen atoms in total. The predicted molar refractivity (Wildman–Crippen MR) is 109 cm³/mol. The summed E-state index contributed by atoms with van der Waals surface area (Å²) >= 11 is 0. The zero-order valence-electron chi connectivity index (χ0n) is 16.4. The zero-order chi connectivity index (χ0) is 19.6. The van der Waals surface area contributed by atoms with Gasteiger partial charge >= 0.3 is 0 Å². The maximum atomic E-state index is 12.7. The van der Waals surface area contributed by atoms with E-state index in [-0.39, 0.29) is 0 Å². The first kappa shape index (κ1) is 19.7. The van der Waals surface area contributed by atoms with Crippen LogP contribution in [0, 0.1) is 5.92 Å². The molecule has 1 aromatic carbocycles. The van der Waals surface area contributed by atoms with Crippen LogP contribution in [0.2, 0.25) is 0 Å². The van der Waals surface area contributed by atoms with Gasteiger partial charge in [-0.15, -0.1) is 0 Å². The van der Waals surface area contributed by atoms with E-state index in [1.165, 1.54) is 6.42 Å². The molecule has 3 unspecified atom stereocenters. The average Bonchev–Trinajstić information content (AvgIpc) is 3.35. The molecular formula is C20H30N4O3S. The lowest BCUT2D eigenvalue weighted by molar-refractivity contribution is 0.0992. The van der Waals surface area contributed by atoms with Crippen molar-refractivity contribution in [2.24, 2.45) is 10.9 Å². The molecule has 0 amide bonds. The highest BCUT2D eigenvalue weighted by atomic mass is 32.2. The fraction of sp³-hybridized carbons (Fsp3) is 0.650. The number of guanidine groups is 1. The number of sulfonamides is 1. The number of aliphatic imine (C=N–C) groups is 1. The summed E-state index contributed by atoms with van der Waals surface area (Å²) in [6.07, 6.45) is 5.81. The number of fused-ring (bicyclic) bond motifs is 2. The third-order valence-corrected chi connectivity index (χ3v) is 8.08. The van der Waals surface area contributed by atoms with Gasteiger partial charge in [-0.05, 0) is 50.2 Å². The molecule has 3 fully saturated rings. The van der Waals surface area contributed by atoms with Gasteiger partial charge < -0.3 is 15.4 Å². The number of benzene rings is 1. The van der Waals surface area contributed by atoms with Gasteiger partial charge in [0, 0.05) is 26.7 Å². The highest BCUT2D eigenvalue weighted by molar-refractivity contribution is 7.89. The van der Waals surface area contributed by atoms with E-state index in [2.05, 4.69) is 15.6 Å². The van der Waals surface area contributed by atoms with E-state index >= 15 is 0 Å². The average molecular weight is 407 g/mol. The maximum Gasteiger partial charge on any atom is 0.243 e. The van der Waals surface area contributed by atoms with Crippen LogP contribution in [0.4, 0.5) is 0 Å². The molecule has 3 heterocycles. The molecule has 0 saturated carbocycles. The maximum absolute atomic E-state index is 12.7. The molecule has 0 aliphatic carbocycles. The Morgan fingerprint density at radius 3 is 2.54 bits per heavy atom. The van der Waals surface area contributed by atoms with Gasteiger partial charge in [0.05, 0.1) is 23.1 Å². The lowest BCUT2D eigenvalue weighted by Gasteiger charge is -2.32. The number of piperidine rings is 1. The van der Waals surface area contributed by atoms with E-state index in [9.17, 15) is 8.42 Å². The monoisotopic (exact) mass is 406 g/mol. The Morgan fingerprint density at radius 2 is 1.93 bits per heavy atom. The predicted octanol–water partition coefficient (Wildman–Crippen LogP) is 1.57. The van der Waals surface area contributed by atoms with Crippen molar-refractivity contribution in [1.82, 2.24) is 14.9 Å². The third-order valence-electron chi connectivity index (χ3n) is 6.16. The standard InChI is InChI=1S/C20H30N4O3S/c1-21-20(23-18-13-16-7-8-19(18)27-16)22-14-15-9-11-24(12-10-15)28(25,26)17-5-3-2-4-6-17/h2-6,15-16,18-19H,7-14H2,1H3,(H2,21,22,23). The number of hydrogen-bond donors (Lipinski definition) is 2. The normalized spacial score (nSPS) is 29.2. The minimum atomic E-state index is -3.38. The number of nitrogens with zero attached hydrogens (tertiary/aromatic N) is 2. The lowest BCUT2D eigenvalue weighted by atomic mass is 9.95. The van der Waals surface area contributed by atoms with E-state index in [0.29, 0.717) is 42.2 Å². The minimum absolute atomic E-state index is 0.315. The summed E-state index contributed by atoms with van der Waals surface area (Å²) in [6.45, 7) is 1.94. The second-order valence-electron chi connectivity index (χ2n) is 7.97. The van der Waals surface area contributed by atoms with Crippen LogP contribution in [0.5, 0.6) is 0 Å². The second-order valence-corrected chi connectivity index (χ2v) is 9.91. The summed E-state index contributed by atoms with van der Waals surface area (Å²) < 4.78 is 33.0. The highest BCUT2D eigenvalue weighted by Gasteiger charge is 2.41. The zero-order valence-corrected chi connectivity index (χ0v) is 17.2. The highest BCUT2D eigenvalue weighted by Crippen LogP contribution is 2.34.